The third kappa shape index (κ3) is 6.23. The number of aliphatic hydroxyl groups is 1. The van der Waals surface area contributed by atoms with Crippen molar-refractivity contribution in [3.63, 3.8) is 0 Å². The van der Waals surface area contributed by atoms with Crippen LogP contribution in [0.5, 0.6) is 0 Å². The summed E-state index contributed by atoms with van der Waals surface area (Å²) in [7, 11) is 0. The van der Waals surface area contributed by atoms with Crippen LogP contribution in [0.2, 0.25) is 0 Å². The Morgan fingerprint density at radius 3 is 2.17 bits per heavy atom. The molecule has 1 N–H and O–H groups in total. The van der Waals surface area contributed by atoms with Crippen LogP contribution in [0.4, 0.5) is 0 Å². The second kappa shape index (κ2) is 15.1. The highest BCUT2D eigenvalue weighted by molar-refractivity contribution is 5.78. The molecule has 0 amide bonds. The molecule has 0 spiro atoms. The van der Waals surface area contributed by atoms with Gasteiger partial charge < -0.3 is 9.84 Å². The maximum absolute atomic E-state index is 15.3. The fourth-order valence-electron chi connectivity index (χ4n) is 20.8. The molecule has 0 radical (unpaired) electrons. The standard InChI is InChI=1S/C57H94O3/c1-35(2)14-13-15-37(5)42-18-19-43-41-17-16-38-34-39(22-27-52(38,8)44(41)24-28-53(42,43)9)60-50(59)57-31-23-40(36(3)4)49(57)45-20-21-47-54(10)29-26-48(58)51(6,7)46(54)25-30-56(47,12)55(45,11)32-33-57/h16,35-37,39-49,58H,13-15,17-34H2,1-12H3/t37-,39-,40?,41+,42?,43+,44+,45-,46?,47-,48+,49?,52+,53-,54+,55-,56-,57+/m1/s1. The van der Waals surface area contributed by atoms with E-state index < -0.39 is 0 Å². The Kier molecular flexibility index (Phi) is 11.2. The normalized spacial score (nSPS) is 52.2. The Labute approximate surface area is 370 Å². The minimum Gasteiger partial charge on any atom is -0.462 e. The molecule has 3 heteroatoms. The number of rotatable bonds is 8. The Bertz CT molecular complexity index is 1660. The van der Waals surface area contributed by atoms with E-state index in [1.54, 1.807) is 5.57 Å². The molecule has 8 saturated carbocycles. The van der Waals surface area contributed by atoms with E-state index in [0.717, 1.165) is 67.6 Å². The maximum atomic E-state index is 15.3. The van der Waals surface area contributed by atoms with E-state index >= 15 is 4.79 Å². The van der Waals surface area contributed by atoms with Crippen LogP contribution in [0.3, 0.4) is 0 Å². The summed E-state index contributed by atoms with van der Waals surface area (Å²) in [5.41, 5.74) is 2.97. The summed E-state index contributed by atoms with van der Waals surface area (Å²) in [5, 5.41) is 11.2. The Morgan fingerprint density at radius 1 is 0.700 bits per heavy atom. The number of allylic oxidation sites excluding steroid dienone is 1. The van der Waals surface area contributed by atoms with Crippen LogP contribution in [-0.2, 0) is 9.53 Å². The summed E-state index contributed by atoms with van der Waals surface area (Å²) in [4.78, 5) is 15.3. The van der Waals surface area contributed by atoms with Gasteiger partial charge in [0.2, 0.25) is 0 Å². The molecule has 0 bridgehead atoms. The van der Waals surface area contributed by atoms with Gasteiger partial charge in [-0.25, -0.2) is 0 Å². The molecular formula is C57H94O3. The van der Waals surface area contributed by atoms with Crippen molar-refractivity contribution in [2.75, 3.05) is 0 Å². The fraction of sp³-hybridized carbons (Fsp3) is 0.947. The van der Waals surface area contributed by atoms with Gasteiger partial charge in [0.25, 0.3) is 0 Å². The van der Waals surface area contributed by atoms with Crippen molar-refractivity contribution in [2.45, 2.75) is 230 Å². The molecule has 0 aromatic rings. The first-order chi connectivity index (χ1) is 28.2. The topological polar surface area (TPSA) is 46.5 Å². The molecule has 9 aliphatic rings. The summed E-state index contributed by atoms with van der Waals surface area (Å²) in [6.45, 7) is 30.6. The smallest absolute Gasteiger partial charge is 0.312 e. The van der Waals surface area contributed by atoms with Crippen molar-refractivity contribution in [2.24, 2.45) is 109 Å². The molecule has 9 aliphatic carbocycles. The van der Waals surface area contributed by atoms with Crippen LogP contribution in [0, 0.1) is 109 Å². The number of fused-ring (bicyclic) bond motifs is 12. The van der Waals surface area contributed by atoms with E-state index in [1.165, 1.54) is 103 Å². The van der Waals surface area contributed by atoms with Gasteiger partial charge in [0.05, 0.1) is 11.5 Å². The summed E-state index contributed by atoms with van der Waals surface area (Å²) in [6.07, 6.45) is 28.8. The highest BCUT2D eigenvalue weighted by Crippen LogP contribution is 2.78. The fourth-order valence-corrected chi connectivity index (χ4v) is 20.8. The minimum absolute atomic E-state index is 0.0136. The van der Waals surface area contributed by atoms with E-state index in [0.29, 0.717) is 40.9 Å². The van der Waals surface area contributed by atoms with Crippen LogP contribution < -0.4 is 0 Å². The predicted molar refractivity (Wildman–Crippen MR) is 248 cm³/mol. The van der Waals surface area contributed by atoms with Gasteiger partial charge >= 0.3 is 5.97 Å². The van der Waals surface area contributed by atoms with Crippen LogP contribution >= 0.6 is 0 Å². The van der Waals surface area contributed by atoms with E-state index in [2.05, 4.69) is 89.2 Å². The molecule has 60 heavy (non-hydrogen) atoms. The number of hydrogen-bond acceptors (Lipinski definition) is 3. The molecule has 9 rings (SSSR count). The van der Waals surface area contributed by atoms with Crippen LogP contribution in [-0.4, -0.2) is 23.3 Å². The number of ether oxygens (including phenoxy) is 1. The SMILES string of the molecule is CC(C)CCC[C@@H](C)C1CC[C@H]2[C@@H]3CC=C4C[C@H](OC(=O)[C@]56CCC(C(C)C)C5[C@H]5CC[C@@H]7[C@@]8(C)CC[C@H](O)C(C)(C)C8CC[C@@]7(C)[C@]5(C)CC6)CC[C@]4(C)[C@H]3CC[C@]12C. The molecule has 0 aromatic heterocycles. The number of carbonyl (C=O) groups is 1. The Hall–Kier alpha value is -0.830. The number of aliphatic hydroxyl groups excluding tert-OH is 1. The molecule has 18 atom stereocenters. The third-order valence-corrected chi connectivity index (χ3v) is 24.3. The molecule has 3 nitrogen and oxygen atoms in total. The van der Waals surface area contributed by atoms with Gasteiger partial charge in [0, 0.05) is 6.42 Å². The summed E-state index contributed by atoms with van der Waals surface area (Å²) in [6, 6.07) is 0. The lowest BCUT2D eigenvalue weighted by Gasteiger charge is -2.72. The van der Waals surface area contributed by atoms with Crippen LogP contribution in [0.25, 0.3) is 0 Å². The van der Waals surface area contributed by atoms with E-state index in [-0.39, 0.29) is 50.7 Å². The van der Waals surface area contributed by atoms with Crippen LogP contribution in [0.15, 0.2) is 11.6 Å². The lowest BCUT2D eigenvalue weighted by Crippen LogP contribution is -2.67. The van der Waals surface area contributed by atoms with Gasteiger partial charge in [-0.1, -0.05) is 114 Å². The highest BCUT2D eigenvalue weighted by atomic mass is 16.5. The molecular weight excluding hydrogens is 733 g/mol. The van der Waals surface area contributed by atoms with Crippen molar-refractivity contribution in [3.8, 4) is 0 Å². The Balaban J connectivity index is 0.910. The van der Waals surface area contributed by atoms with Crippen molar-refractivity contribution in [1.82, 2.24) is 0 Å². The number of carbonyl (C=O) groups excluding carboxylic acids is 1. The van der Waals surface area contributed by atoms with Gasteiger partial charge in [-0.3, -0.25) is 4.79 Å². The van der Waals surface area contributed by atoms with Gasteiger partial charge in [0.1, 0.15) is 6.10 Å². The van der Waals surface area contributed by atoms with Gasteiger partial charge in [-0.15, -0.1) is 0 Å². The molecule has 0 saturated heterocycles. The average Bonchev–Trinajstić information content (AvgIpc) is 3.76. The maximum Gasteiger partial charge on any atom is 0.312 e. The predicted octanol–water partition coefficient (Wildman–Crippen LogP) is 15.0. The largest absolute Gasteiger partial charge is 0.462 e. The minimum atomic E-state index is -0.300. The second-order valence-electron chi connectivity index (χ2n) is 27.2. The third-order valence-electron chi connectivity index (χ3n) is 24.3. The van der Waals surface area contributed by atoms with Gasteiger partial charge in [-0.05, 0) is 213 Å². The Morgan fingerprint density at radius 2 is 1.43 bits per heavy atom. The molecule has 8 fully saturated rings. The van der Waals surface area contributed by atoms with Crippen molar-refractivity contribution in [1.29, 1.82) is 0 Å². The monoisotopic (exact) mass is 827 g/mol. The first kappa shape index (κ1) is 44.4. The van der Waals surface area contributed by atoms with Gasteiger partial charge in [-0.2, -0.15) is 0 Å². The second-order valence-corrected chi connectivity index (χ2v) is 27.2. The molecule has 0 aromatic carbocycles. The lowest BCUT2D eigenvalue weighted by atomic mass is 9.32. The number of esters is 1. The molecule has 340 valence electrons. The summed E-state index contributed by atoms with van der Waals surface area (Å²) in [5.74, 6) is 8.91. The molecule has 4 unspecified atom stereocenters. The van der Waals surface area contributed by atoms with Crippen LogP contribution in [0.1, 0.15) is 218 Å². The highest BCUT2D eigenvalue weighted by Gasteiger charge is 2.72. The molecule has 0 heterocycles. The zero-order valence-electron chi connectivity index (χ0n) is 41.3. The average molecular weight is 827 g/mol. The first-order valence-corrected chi connectivity index (χ1v) is 26.8. The van der Waals surface area contributed by atoms with Crippen molar-refractivity contribution >= 4 is 5.97 Å². The van der Waals surface area contributed by atoms with E-state index in [1.807, 2.05) is 0 Å². The van der Waals surface area contributed by atoms with Gasteiger partial charge in [0.15, 0.2) is 0 Å². The van der Waals surface area contributed by atoms with E-state index in [4.69, 9.17) is 4.74 Å². The lowest BCUT2D eigenvalue weighted by molar-refractivity contribution is -0.250. The quantitative estimate of drug-likeness (QED) is 0.196. The zero-order chi connectivity index (χ0) is 43.0. The van der Waals surface area contributed by atoms with Crippen molar-refractivity contribution < 1.29 is 14.6 Å². The zero-order valence-corrected chi connectivity index (χ0v) is 41.3. The molecule has 0 aliphatic heterocycles. The first-order valence-electron chi connectivity index (χ1n) is 26.8. The summed E-state index contributed by atoms with van der Waals surface area (Å²) < 4.78 is 7.03. The van der Waals surface area contributed by atoms with E-state index in [9.17, 15) is 5.11 Å². The van der Waals surface area contributed by atoms with Crippen molar-refractivity contribution in [3.05, 3.63) is 11.6 Å². The number of hydrogen-bond donors (Lipinski definition) is 1. The summed E-state index contributed by atoms with van der Waals surface area (Å²) >= 11 is 0.